The average molecular weight is 394 g/mol. The monoisotopic (exact) mass is 393 g/mol. The molecule has 3 N–H and O–H groups in total. The van der Waals surface area contributed by atoms with Gasteiger partial charge in [0.1, 0.15) is 5.84 Å². The van der Waals surface area contributed by atoms with Crippen LogP contribution in [0.15, 0.2) is 34.2 Å². The first kappa shape index (κ1) is 19.8. The van der Waals surface area contributed by atoms with Crippen LogP contribution in [-0.4, -0.2) is 44.5 Å². The van der Waals surface area contributed by atoms with E-state index in [4.69, 9.17) is 0 Å². The smallest absolute Gasteiger partial charge is 0.263 e. The van der Waals surface area contributed by atoms with Gasteiger partial charge in [0.25, 0.3) is 10.0 Å². The summed E-state index contributed by atoms with van der Waals surface area (Å²) >= 11 is 0. The fraction of sp³-hybridized carbons (Fsp3) is 0.579. The SMILES string of the molecule is O=C(CCCCCN=C1NS(=O)(=O)c2ccccc21)NCC1CCC(O)C1. The molecule has 0 spiro atoms. The van der Waals surface area contributed by atoms with E-state index in [9.17, 15) is 18.3 Å². The van der Waals surface area contributed by atoms with Crippen molar-refractivity contribution in [3.63, 3.8) is 0 Å². The lowest BCUT2D eigenvalue weighted by Gasteiger charge is -2.10. The number of benzene rings is 1. The van der Waals surface area contributed by atoms with E-state index in [-0.39, 0.29) is 16.9 Å². The van der Waals surface area contributed by atoms with Crippen LogP contribution in [0.5, 0.6) is 0 Å². The van der Waals surface area contributed by atoms with Crippen molar-refractivity contribution in [2.24, 2.45) is 10.9 Å². The van der Waals surface area contributed by atoms with Gasteiger partial charge in [0, 0.05) is 25.1 Å². The highest BCUT2D eigenvalue weighted by atomic mass is 32.2. The largest absolute Gasteiger partial charge is 0.393 e. The van der Waals surface area contributed by atoms with E-state index < -0.39 is 10.0 Å². The summed E-state index contributed by atoms with van der Waals surface area (Å²) in [6.45, 7) is 1.18. The van der Waals surface area contributed by atoms with Gasteiger partial charge >= 0.3 is 0 Å². The van der Waals surface area contributed by atoms with Gasteiger partial charge in [-0.2, -0.15) is 0 Å². The third kappa shape index (κ3) is 5.29. The number of aliphatic imine (C=N–C) groups is 1. The van der Waals surface area contributed by atoms with Gasteiger partial charge < -0.3 is 10.4 Å². The Hall–Kier alpha value is -1.93. The molecule has 7 nitrogen and oxygen atoms in total. The van der Waals surface area contributed by atoms with Crippen LogP contribution in [0.1, 0.15) is 50.5 Å². The molecule has 148 valence electrons. The summed E-state index contributed by atoms with van der Waals surface area (Å²) < 4.78 is 26.5. The minimum Gasteiger partial charge on any atom is -0.393 e. The zero-order chi connectivity index (χ0) is 19.3. The minimum absolute atomic E-state index is 0.0557. The highest BCUT2D eigenvalue weighted by molar-refractivity contribution is 7.90. The van der Waals surface area contributed by atoms with E-state index in [1.165, 1.54) is 0 Å². The van der Waals surface area contributed by atoms with Crippen molar-refractivity contribution in [1.82, 2.24) is 10.0 Å². The van der Waals surface area contributed by atoms with Crippen molar-refractivity contribution >= 4 is 21.8 Å². The first-order valence-electron chi connectivity index (χ1n) is 9.57. The Morgan fingerprint density at radius 3 is 2.81 bits per heavy atom. The lowest BCUT2D eigenvalue weighted by molar-refractivity contribution is -0.121. The van der Waals surface area contributed by atoms with Crippen LogP contribution < -0.4 is 10.0 Å². The fourth-order valence-electron chi connectivity index (χ4n) is 3.60. The van der Waals surface area contributed by atoms with Crippen LogP contribution in [0.2, 0.25) is 0 Å². The summed E-state index contributed by atoms with van der Waals surface area (Å²) in [5.74, 6) is 0.861. The van der Waals surface area contributed by atoms with Crippen LogP contribution in [0.25, 0.3) is 0 Å². The summed E-state index contributed by atoms with van der Waals surface area (Å²) in [4.78, 5) is 16.5. The minimum atomic E-state index is -3.48. The van der Waals surface area contributed by atoms with Gasteiger partial charge in [-0.1, -0.05) is 18.6 Å². The standard InChI is InChI=1S/C19H27N3O4S/c23-15-10-9-14(12-15)13-21-18(24)8-2-1-5-11-20-19-16-6-3-4-7-17(16)27(25,26)22-19/h3-4,6-7,14-15,23H,1-2,5,8-13H2,(H,20,22)(H,21,24). The maximum Gasteiger partial charge on any atom is 0.263 e. The van der Waals surface area contributed by atoms with Gasteiger partial charge in [-0.15, -0.1) is 0 Å². The summed E-state index contributed by atoms with van der Waals surface area (Å²) in [6.07, 6.45) is 5.33. The predicted octanol–water partition coefficient (Wildman–Crippen LogP) is 1.56. The van der Waals surface area contributed by atoms with E-state index >= 15 is 0 Å². The Morgan fingerprint density at radius 1 is 1.22 bits per heavy atom. The molecule has 1 amide bonds. The van der Waals surface area contributed by atoms with E-state index in [2.05, 4.69) is 15.0 Å². The second-order valence-electron chi connectivity index (χ2n) is 7.28. The number of hydrogen-bond acceptors (Lipinski definition) is 5. The van der Waals surface area contributed by atoms with Crippen LogP contribution in [0.3, 0.4) is 0 Å². The molecule has 1 aliphatic heterocycles. The van der Waals surface area contributed by atoms with Gasteiger partial charge in [-0.3, -0.25) is 14.5 Å². The van der Waals surface area contributed by atoms with E-state index in [0.717, 1.165) is 38.5 Å². The highest BCUT2D eigenvalue weighted by Gasteiger charge is 2.29. The summed E-state index contributed by atoms with van der Waals surface area (Å²) in [7, 11) is -3.48. The lowest BCUT2D eigenvalue weighted by Crippen LogP contribution is -2.28. The lowest BCUT2D eigenvalue weighted by atomic mass is 10.1. The second kappa shape index (κ2) is 8.84. The summed E-state index contributed by atoms with van der Waals surface area (Å²) in [6, 6.07) is 6.81. The molecule has 27 heavy (non-hydrogen) atoms. The van der Waals surface area contributed by atoms with Gasteiger partial charge in [0.15, 0.2) is 0 Å². The molecule has 1 saturated carbocycles. The van der Waals surface area contributed by atoms with Crippen molar-refractivity contribution in [2.45, 2.75) is 55.9 Å². The Kier molecular flexibility index (Phi) is 6.49. The molecular weight excluding hydrogens is 366 g/mol. The Morgan fingerprint density at radius 2 is 2.04 bits per heavy atom. The zero-order valence-corrected chi connectivity index (χ0v) is 16.2. The second-order valence-corrected chi connectivity index (χ2v) is 8.93. The third-order valence-corrected chi connectivity index (χ3v) is 6.49. The fourth-order valence-corrected chi connectivity index (χ4v) is 4.85. The molecule has 3 rings (SSSR count). The maximum atomic E-state index is 12.0. The molecule has 1 aliphatic carbocycles. The molecule has 2 unspecified atom stereocenters. The number of sulfonamides is 1. The number of nitrogens with one attached hydrogen (secondary N) is 2. The number of aliphatic hydroxyl groups is 1. The molecule has 1 fully saturated rings. The molecule has 0 saturated heterocycles. The molecule has 8 heteroatoms. The number of hydrogen-bond donors (Lipinski definition) is 3. The first-order chi connectivity index (χ1) is 13.0. The molecule has 1 aromatic rings. The van der Waals surface area contributed by atoms with Crippen molar-refractivity contribution in [1.29, 1.82) is 0 Å². The maximum absolute atomic E-state index is 12.0. The molecule has 2 atom stereocenters. The van der Waals surface area contributed by atoms with Crippen molar-refractivity contribution in [3.8, 4) is 0 Å². The number of aliphatic hydroxyl groups excluding tert-OH is 1. The van der Waals surface area contributed by atoms with Crippen LogP contribution in [0, 0.1) is 5.92 Å². The Labute approximate surface area is 160 Å². The number of rotatable bonds is 8. The number of carbonyl (C=O) groups is 1. The summed E-state index contributed by atoms with van der Waals surface area (Å²) in [5.41, 5.74) is 0.619. The molecule has 2 aliphatic rings. The third-order valence-electron chi connectivity index (χ3n) is 5.10. The molecule has 0 aromatic heterocycles. The zero-order valence-electron chi connectivity index (χ0n) is 15.4. The number of carbonyl (C=O) groups excluding carboxylic acids is 1. The Balaban J connectivity index is 1.33. The molecule has 0 bridgehead atoms. The van der Waals surface area contributed by atoms with Gasteiger partial charge in [-0.25, -0.2) is 8.42 Å². The molecular formula is C19H27N3O4S. The quantitative estimate of drug-likeness (QED) is 0.583. The number of amides is 1. The molecule has 1 heterocycles. The normalized spacial score (nSPS) is 24.6. The van der Waals surface area contributed by atoms with Gasteiger partial charge in [0.2, 0.25) is 5.91 Å². The molecule has 0 radical (unpaired) electrons. The first-order valence-corrected chi connectivity index (χ1v) is 11.1. The van der Waals surface area contributed by atoms with Gasteiger partial charge in [-0.05, 0) is 50.2 Å². The van der Waals surface area contributed by atoms with E-state index in [1.54, 1.807) is 24.3 Å². The van der Waals surface area contributed by atoms with Crippen LogP contribution in [-0.2, 0) is 14.8 Å². The van der Waals surface area contributed by atoms with Crippen LogP contribution >= 0.6 is 0 Å². The topological polar surface area (TPSA) is 108 Å². The summed E-state index contributed by atoms with van der Waals surface area (Å²) in [5, 5.41) is 12.4. The Bertz CT molecular complexity index is 807. The number of nitrogens with zero attached hydrogens (tertiary/aromatic N) is 1. The van der Waals surface area contributed by atoms with Crippen LogP contribution in [0.4, 0.5) is 0 Å². The highest BCUT2D eigenvalue weighted by Crippen LogP contribution is 2.24. The van der Waals surface area contributed by atoms with E-state index in [1.807, 2.05) is 0 Å². The van der Waals surface area contributed by atoms with Crippen molar-refractivity contribution in [2.75, 3.05) is 13.1 Å². The van der Waals surface area contributed by atoms with Crippen molar-refractivity contribution in [3.05, 3.63) is 29.8 Å². The average Bonchev–Trinajstić information content (AvgIpc) is 3.17. The van der Waals surface area contributed by atoms with Crippen molar-refractivity contribution < 1.29 is 18.3 Å². The van der Waals surface area contributed by atoms with Gasteiger partial charge in [0.05, 0.1) is 11.0 Å². The number of amidine groups is 1. The number of fused-ring (bicyclic) bond motifs is 1. The molecule has 1 aromatic carbocycles. The predicted molar refractivity (Wildman–Crippen MR) is 103 cm³/mol. The van der Waals surface area contributed by atoms with E-state index in [0.29, 0.717) is 36.8 Å². The number of unbranched alkanes of at least 4 members (excludes halogenated alkanes) is 2.